The molecule has 2 N–H and O–H groups in total. The van der Waals surface area contributed by atoms with Crippen LogP contribution in [-0.2, 0) is 12.8 Å². The van der Waals surface area contributed by atoms with E-state index in [1.54, 1.807) is 0 Å². The summed E-state index contributed by atoms with van der Waals surface area (Å²) in [6, 6.07) is 8.44. The Hall–Kier alpha value is -1.84. The summed E-state index contributed by atoms with van der Waals surface area (Å²) in [6.45, 7) is 0. The minimum atomic E-state index is -1.34. The Morgan fingerprint density at radius 2 is 1.57 bits per heavy atom. The molecule has 0 aromatic heterocycles. The Labute approximate surface area is 124 Å². The van der Waals surface area contributed by atoms with Gasteiger partial charge in [-0.05, 0) is 64.2 Å². The Morgan fingerprint density at radius 1 is 0.857 bits per heavy atom. The van der Waals surface area contributed by atoms with Crippen LogP contribution in [0.2, 0.25) is 0 Å². The minimum absolute atomic E-state index is 0.721. The predicted octanol–water partition coefficient (Wildman–Crippen LogP) is 3.14. The summed E-state index contributed by atoms with van der Waals surface area (Å²) in [5.74, 6) is 0. The molecule has 4 rings (SSSR count). The second-order valence-corrected chi connectivity index (χ2v) is 5.86. The molecule has 0 heterocycles. The molecule has 104 valence electrons. The maximum atomic E-state index is 9.49. The van der Waals surface area contributed by atoms with Gasteiger partial charge >= 0.3 is 7.12 Å². The van der Waals surface area contributed by atoms with Crippen molar-refractivity contribution in [3.8, 4) is 0 Å². The molecule has 0 unspecified atom stereocenters. The van der Waals surface area contributed by atoms with E-state index in [4.69, 9.17) is 0 Å². The van der Waals surface area contributed by atoms with E-state index in [0.717, 1.165) is 31.2 Å². The van der Waals surface area contributed by atoms with Crippen LogP contribution in [0.15, 0.2) is 35.8 Å². The zero-order valence-electron chi connectivity index (χ0n) is 11.8. The molecular weight excluding hydrogens is 259 g/mol. The maximum absolute atomic E-state index is 9.49. The first-order chi connectivity index (χ1) is 10.3. The average Bonchev–Trinajstić information content (AvgIpc) is 2.54. The summed E-state index contributed by atoms with van der Waals surface area (Å²) in [7, 11) is -1.34. The Bertz CT molecular complexity index is 787. The lowest BCUT2D eigenvalue weighted by Crippen LogP contribution is -2.19. The molecular formula is C18H17BO2. The lowest BCUT2D eigenvalue weighted by Gasteiger charge is -2.25. The predicted molar refractivity (Wildman–Crippen MR) is 87.8 cm³/mol. The van der Waals surface area contributed by atoms with Gasteiger partial charge in [0.1, 0.15) is 0 Å². The van der Waals surface area contributed by atoms with E-state index in [1.165, 1.54) is 33.0 Å². The van der Waals surface area contributed by atoms with Crippen LogP contribution in [0.3, 0.4) is 0 Å². The average molecular weight is 276 g/mol. The molecule has 2 aromatic rings. The molecule has 0 bridgehead atoms. The first-order valence-electron chi connectivity index (χ1n) is 7.55. The molecule has 0 saturated heterocycles. The van der Waals surface area contributed by atoms with Crippen molar-refractivity contribution in [2.45, 2.75) is 25.7 Å². The summed E-state index contributed by atoms with van der Waals surface area (Å²) >= 11 is 0. The summed E-state index contributed by atoms with van der Waals surface area (Å²) in [4.78, 5) is 0. The van der Waals surface area contributed by atoms with Crippen molar-refractivity contribution in [2.24, 2.45) is 0 Å². The lowest BCUT2D eigenvalue weighted by molar-refractivity contribution is 0.417. The van der Waals surface area contributed by atoms with Crippen LogP contribution in [0.1, 0.15) is 35.1 Å². The fourth-order valence-corrected chi connectivity index (χ4v) is 3.69. The first-order valence-corrected chi connectivity index (χ1v) is 7.55. The summed E-state index contributed by atoms with van der Waals surface area (Å²) in [5, 5.41) is 21.5. The number of rotatable bonds is 1. The van der Waals surface area contributed by atoms with Crippen LogP contribution < -0.4 is 0 Å². The lowest BCUT2D eigenvalue weighted by atomic mass is 9.70. The molecule has 0 spiro atoms. The monoisotopic (exact) mass is 276 g/mol. The Balaban J connectivity index is 2.09. The number of hydrogen-bond donors (Lipinski definition) is 2. The molecule has 3 heteroatoms. The van der Waals surface area contributed by atoms with E-state index < -0.39 is 7.12 Å². The zero-order chi connectivity index (χ0) is 14.4. The van der Waals surface area contributed by atoms with Crippen LogP contribution in [0, 0.1) is 0 Å². The molecule has 0 amide bonds. The van der Waals surface area contributed by atoms with Gasteiger partial charge in [-0.2, -0.15) is 0 Å². The second kappa shape index (κ2) is 4.87. The highest BCUT2D eigenvalue weighted by Crippen LogP contribution is 2.39. The van der Waals surface area contributed by atoms with E-state index in [1.807, 2.05) is 6.08 Å². The molecule has 21 heavy (non-hydrogen) atoms. The smallest absolute Gasteiger partial charge is 0.423 e. The third-order valence-electron chi connectivity index (χ3n) is 4.69. The van der Waals surface area contributed by atoms with Crippen LogP contribution in [0.4, 0.5) is 0 Å². The van der Waals surface area contributed by atoms with Gasteiger partial charge in [0.05, 0.1) is 0 Å². The Morgan fingerprint density at radius 3 is 2.33 bits per heavy atom. The summed E-state index contributed by atoms with van der Waals surface area (Å²) in [5.41, 5.74) is 6.12. The van der Waals surface area contributed by atoms with E-state index in [-0.39, 0.29) is 0 Å². The standard InChI is InChI=1S/C18H17BO2/c20-19(21)12-9-10-17-15-7-2-1-5-13(15)14-6-3-4-8-16(14)18(17)11-12/h1,3-6,8,11,20-21H,2,7,9-10H2. The summed E-state index contributed by atoms with van der Waals surface area (Å²) < 4.78 is 0. The molecule has 0 atom stereocenters. The Kier molecular flexibility index (Phi) is 2.98. The van der Waals surface area contributed by atoms with Gasteiger partial charge < -0.3 is 10.0 Å². The summed E-state index contributed by atoms with van der Waals surface area (Å²) in [6.07, 6.45) is 10.3. The van der Waals surface area contributed by atoms with Gasteiger partial charge in [-0.1, -0.05) is 42.5 Å². The van der Waals surface area contributed by atoms with Crippen LogP contribution >= 0.6 is 0 Å². The number of fused-ring (bicyclic) bond motifs is 6. The van der Waals surface area contributed by atoms with E-state index >= 15 is 0 Å². The molecule has 0 radical (unpaired) electrons. The fraction of sp³-hybridized carbons (Fsp3) is 0.222. The quantitative estimate of drug-likeness (QED) is 0.785. The van der Waals surface area contributed by atoms with Gasteiger partial charge in [0, 0.05) is 0 Å². The zero-order valence-corrected chi connectivity index (χ0v) is 11.8. The van der Waals surface area contributed by atoms with Gasteiger partial charge in [0.15, 0.2) is 0 Å². The van der Waals surface area contributed by atoms with Crippen molar-refractivity contribution in [3.63, 3.8) is 0 Å². The number of allylic oxidation sites excluding steroid dienone is 2. The molecule has 2 aliphatic carbocycles. The van der Waals surface area contributed by atoms with Crippen molar-refractivity contribution in [1.82, 2.24) is 0 Å². The van der Waals surface area contributed by atoms with Crippen molar-refractivity contribution in [1.29, 1.82) is 0 Å². The van der Waals surface area contributed by atoms with Gasteiger partial charge in [-0.15, -0.1) is 0 Å². The van der Waals surface area contributed by atoms with Crippen molar-refractivity contribution in [3.05, 3.63) is 58.1 Å². The van der Waals surface area contributed by atoms with E-state index in [2.05, 4.69) is 36.4 Å². The third-order valence-corrected chi connectivity index (χ3v) is 4.69. The van der Waals surface area contributed by atoms with Gasteiger partial charge in [-0.25, -0.2) is 0 Å². The van der Waals surface area contributed by atoms with E-state index in [0.29, 0.717) is 0 Å². The van der Waals surface area contributed by atoms with Gasteiger partial charge in [0.2, 0.25) is 0 Å². The normalized spacial score (nSPS) is 16.4. The van der Waals surface area contributed by atoms with Crippen molar-refractivity contribution in [2.75, 3.05) is 0 Å². The molecule has 2 aliphatic rings. The molecule has 2 aromatic carbocycles. The SMILES string of the molecule is OB(O)C1=Cc2c(c3c(c4ccccc24)C=CCC3)CC1. The van der Waals surface area contributed by atoms with Crippen LogP contribution in [-0.4, -0.2) is 17.2 Å². The highest BCUT2D eigenvalue weighted by molar-refractivity contribution is 6.52. The highest BCUT2D eigenvalue weighted by Gasteiger charge is 2.24. The van der Waals surface area contributed by atoms with Gasteiger partial charge in [0.25, 0.3) is 0 Å². The molecule has 0 saturated carbocycles. The topological polar surface area (TPSA) is 40.5 Å². The van der Waals surface area contributed by atoms with Crippen LogP contribution in [0.25, 0.3) is 22.9 Å². The largest absolute Gasteiger partial charge is 0.484 e. The minimum Gasteiger partial charge on any atom is -0.423 e. The number of hydrogen-bond acceptors (Lipinski definition) is 2. The van der Waals surface area contributed by atoms with E-state index in [9.17, 15) is 10.0 Å². The van der Waals surface area contributed by atoms with Gasteiger partial charge in [-0.3, -0.25) is 0 Å². The molecule has 0 aliphatic heterocycles. The molecule has 0 fully saturated rings. The maximum Gasteiger partial charge on any atom is 0.484 e. The molecule has 2 nitrogen and oxygen atoms in total. The number of benzene rings is 2. The van der Waals surface area contributed by atoms with Crippen molar-refractivity contribution >= 4 is 30.0 Å². The highest BCUT2D eigenvalue weighted by atomic mass is 16.4. The first kappa shape index (κ1) is 12.9. The van der Waals surface area contributed by atoms with Crippen molar-refractivity contribution < 1.29 is 10.0 Å². The second-order valence-electron chi connectivity index (χ2n) is 5.86. The third kappa shape index (κ3) is 1.96. The fourth-order valence-electron chi connectivity index (χ4n) is 3.69. The van der Waals surface area contributed by atoms with Crippen LogP contribution in [0.5, 0.6) is 0 Å².